The molecule has 21 heavy (non-hydrogen) atoms. The largest absolute Gasteiger partial charge is 0.497 e. The Morgan fingerprint density at radius 3 is 2.62 bits per heavy atom. The molecule has 0 aliphatic rings. The molecule has 0 saturated carbocycles. The van der Waals surface area contributed by atoms with Crippen molar-refractivity contribution in [3.63, 3.8) is 0 Å². The van der Waals surface area contributed by atoms with Crippen LogP contribution in [0.3, 0.4) is 0 Å². The highest BCUT2D eigenvalue weighted by molar-refractivity contribution is 9.10. The van der Waals surface area contributed by atoms with Crippen molar-refractivity contribution < 1.29 is 9.15 Å². The van der Waals surface area contributed by atoms with Crippen molar-refractivity contribution in [2.45, 2.75) is 0 Å². The van der Waals surface area contributed by atoms with E-state index in [0.717, 1.165) is 42.9 Å². The highest BCUT2D eigenvalue weighted by atomic mass is 79.9. The lowest BCUT2D eigenvalue weighted by Crippen LogP contribution is -1.82. The number of methoxy groups -OCH3 is 1. The molecule has 3 aromatic carbocycles. The van der Waals surface area contributed by atoms with E-state index in [1.807, 2.05) is 42.5 Å². The molecule has 2 nitrogen and oxygen atoms in total. The maximum absolute atomic E-state index is 6.63. The maximum atomic E-state index is 6.63. The summed E-state index contributed by atoms with van der Waals surface area (Å²) in [7, 11) is 1.64. The van der Waals surface area contributed by atoms with Gasteiger partial charge in [-0.15, -0.1) is 0 Å². The fourth-order valence-corrected chi connectivity index (χ4v) is 3.69. The van der Waals surface area contributed by atoms with Gasteiger partial charge in [-0.25, -0.2) is 0 Å². The first-order valence-electron chi connectivity index (χ1n) is 6.46. The fraction of sp³-hybridized carbons (Fsp3) is 0.0588. The van der Waals surface area contributed by atoms with Gasteiger partial charge in [-0.1, -0.05) is 35.9 Å². The Hall–Kier alpha value is -1.71. The fourth-order valence-electron chi connectivity index (χ4n) is 2.71. The summed E-state index contributed by atoms with van der Waals surface area (Å²) in [6, 6.07) is 13.8. The van der Waals surface area contributed by atoms with Crippen LogP contribution in [-0.4, -0.2) is 7.11 Å². The van der Waals surface area contributed by atoms with Crippen LogP contribution in [0.2, 0.25) is 5.02 Å². The predicted octanol–water partition coefficient (Wildman–Crippen LogP) is 6.16. The van der Waals surface area contributed by atoms with Crippen LogP contribution in [0.25, 0.3) is 32.7 Å². The van der Waals surface area contributed by atoms with Gasteiger partial charge in [0.15, 0.2) is 0 Å². The molecule has 0 atom stereocenters. The number of benzene rings is 3. The van der Waals surface area contributed by atoms with Gasteiger partial charge in [0.05, 0.1) is 12.1 Å². The zero-order chi connectivity index (χ0) is 14.6. The smallest absolute Gasteiger partial charge is 0.140 e. The third-order valence-electron chi connectivity index (χ3n) is 3.68. The van der Waals surface area contributed by atoms with E-state index in [1.165, 1.54) is 0 Å². The van der Waals surface area contributed by atoms with Crippen LogP contribution in [0, 0.1) is 0 Å². The number of ether oxygens (including phenoxy) is 1. The van der Waals surface area contributed by atoms with Crippen LogP contribution < -0.4 is 4.74 Å². The molecule has 1 aromatic heterocycles. The van der Waals surface area contributed by atoms with E-state index >= 15 is 0 Å². The zero-order valence-electron chi connectivity index (χ0n) is 11.1. The van der Waals surface area contributed by atoms with Crippen LogP contribution in [0.5, 0.6) is 5.75 Å². The number of furan rings is 1. The lowest BCUT2D eigenvalue weighted by Gasteiger charge is -2.03. The Morgan fingerprint density at radius 1 is 1.05 bits per heavy atom. The normalized spacial score (nSPS) is 11.6. The molecule has 0 aliphatic heterocycles. The zero-order valence-corrected chi connectivity index (χ0v) is 13.5. The van der Waals surface area contributed by atoms with Crippen molar-refractivity contribution in [1.29, 1.82) is 0 Å². The van der Waals surface area contributed by atoms with Crippen molar-refractivity contribution in [1.82, 2.24) is 0 Å². The standard InChI is InChI=1S/C17H10BrClO2/c1-20-10-7-12(18)15-14(8-10)21-13-6-9-4-2-3-5-11(9)17(19)16(13)15/h2-8H,1H3. The summed E-state index contributed by atoms with van der Waals surface area (Å²) >= 11 is 10.2. The minimum atomic E-state index is 0.715. The molecule has 1 heterocycles. The molecule has 0 bridgehead atoms. The van der Waals surface area contributed by atoms with Crippen LogP contribution in [-0.2, 0) is 0 Å². The topological polar surface area (TPSA) is 22.4 Å². The van der Waals surface area contributed by atoms with Gasteiger partial charge in [0.2, 0.25) is 0 Å². The van der Waals surface area contributed by atoms with E-state index in [-0.39, 0.29) is 0 Å². The number of halogens is 2. The van der Waals surface area contributed by atoms with Crippen LogP contribution in [0.15, 0.2) is 51.4 Å². The summed E-state index contributed by atoms with van der Waals surface area (Å²) in [6.45, 7) is 0. The first kappa shape index (κ1) is 13.0. The second-order valence-corrected chi connectivity index (χ2v) is 6.10. The summed E-state index contributed by atoms with van der Waals surface area (Å²) in [5.74, 6) is 0.745. The molecule has 4 heteroatoms. The predicted molar refractivity (Wildman–Crippen MR) is 90.5 cm³/mol. The Labute approximate surface area is 134 Å². The molecule has 0 amide bonds. The van der Waals surface area contributed by atoms with Crippen molar-refractivity contribution in [3.8, 4) is 5.75 Å². The molecule has 4 aromatic rings. The molecule has 0 saturated heterocycles. The number of hydrogen-bond donors (Lipinski definition) is 0. The van der Waals surface area contributed by atoms with Crippen LogP contribution >= 0.6 is 27.5 Å². The Balaban J connectivity index is 2.25. The van der Waals surface area contributed by atoms with Gasteiger partial charge in [0.25, 0.3) is 0 Å². The second kappa shape index (κ2) is 4.65. The minimum Gasteiger partial charge on any atom is -0.497 e. The summed E-state index contributed by atoms with van der Waals surface area (Å²) in [6.07, 6.45) is 0. The van der Waals surface area contributed by atoms with Crippen LogP contribution in [0.4, 0.5) is 0 Å². The van der Waals surface area contributed by atoms with Crippen molar-refractivity contribution >= 4 is 60.2 Å². The molecule has 0 aliphatic carbocycles. The van der Waals surface area contributed by atoms with E-state index in [1.54, 1.807) is 7.11 Å². The molecule has 0 spiro atoms. The molecule has 104 valence electrons. The average Bonchev–Trinajstić information content (AvgIpc) is 2.86. The number of fused-ring (bicyclic) bond motifs is 4. The van der Waals surface area contributed by atoms with E-state index in [0.29, 0.717) is 5.02 Å². The highest BCUT2D eigenvalue weighted by Gasteiger charge is 2.16. The van der Waals surface area contributed by atoms with Gasteiger partial charge in [0, 0.05) is 26.7 Å². The SMILES string of the molecule is COc1cc(Br)c2c(c1)oc1cc3ccccc3c(Cl)c12. The Bertz CT molecular complexity index is 1000. The van der Waals surface area contributed by atoms with E-state index in [2.05, 4.69) is 15.9 Å². The van der Waals surface area contributed by atoms with Gasteiger partial charge < -0.3 is 9.15 Å². The first-order valence-corrected chi connectivity index (χ1v) is 7.63. The third-order valence-corrected chi connectivity index (χ3v) is 4.70. The molecular weight excluding hydrogens is 352 g/mol. The number of hydrogen-bond acceptors (Lipinski definition) is 2. The van der Waals surface area contributed by atoms with Gasteiger partial charge in [-0.3, -0.25) is 0 Å². The molecule has 0 N–H and O–H groups in total. The third kappa shape index (κ3) is 1.84. The summed E-state index contributed by atoms with van der Waals surface area (Å²) in [5.41, 5.74) is 1.54. The quantitative estimate of drug-likeness (QED) is 0.405. The molecule has 0 radical (unpaired) electrons. The van der Waals surface area contributed by atoms with E-state index in [9.17, 15) is 0 Å². The van der Waals surface area contributed by atoms with Crippen molar-refractivity contribution in [2.24, 2.45) is 0 Å². The molecule has 4 rings (SSSR count). The second-order valence-electron chi connectivity index (χ2n) is 4.87. The van der Waals surface area contributed by atoms with E-state index < -0.39 is 0 Å². The van der Waals surface area contributed by atoms with E-state index in [4.69, 9.17) is 20.8 Å². The van der Waals surface area contributed by atoms with Crippen LogP contribution in [0.1, 0.15) is 0 Å². The minimum absolute atomic E-state index is 0.715. The number of rotatable bonds is 1. The van der Waals surface area contributed by atoms with Gasteiger partial charge >= 0.3 is 0 Å². The molecule has 0 fully saturated rings. The van der Waals surface area contributed by atoms with Gasteiger partial charge in [-0.05, 0) is 33.4 Å². The average molecular weight is 362 g/mol. The lowest BCUT2D eigenvalue weighted by molar-refractivity contribution is 0.414. The van der Waals surface area contributed by atoms with Gasteiger partial charge in [-0.2, -0.15) is 0 Å². The summed E-state index contributed by atoms with van der Waals surface area (Å²) in [5, 5.41) is 4.71. The Morgan fingerprint density at radius 2 is 1.81 bits per heavy atom. The van der Waals surface area contributed by atoms with Crippen molar-refractivity contribution in [2.75, 3.05) is 7.11 Å². The highest BCUT2D eigenvalue weighted by Crippen LogP contribution is 2.43. The molecule has 0 unspecified atom stereocenters. The lowest BCUT2D eigenvalue weighted by atomic mass is 10.1. The van der Waals surface area contributed by atoms with Gasteiger partial charge in [0.1, 0.15) is 16.9 Å². The monoisotopic (exact) mass is 360 g/mol. The summed E-state index contributed by atoms with van der Waals surface area (Å²) in [4.78, 5) is 0. The Kier molecular flexibility index (Phi) is 2.88. The maximum Gasteiger partial charge on any atom is 0.140 e. The molecular formula is C17H10BrClO2. The first-order chi connectivity index (χ1) is 10.2. The summed E-state index contributed by atoms with van der Waals surface area (Å²) < 4.78 is 12.2. The van der Waals surface area contributed by atoms with Crippen molar-refractivity contribution in [3.05, 3.63) is 52.0 Å².